The van der Waals surface area contributed by atoms with Gasteiger partial charge in [-0.3, -0.25) is 14.9 Å². The Hall–Kier alpha value is -2.89. The highest BCUT2D eigenvalue weighted by atomic mass is 16.6. The summed E-state index contributed by atoms with van der Waals surface area (Å²) in [5.41, 5.74) is 9.19. The average molecular weight is 299 g/mol. The SMILES string of the molecule is Cc1cc(C)c(NC(=O)c2ccc(N)c([N+](=O)[O-])c2)c(C)c1. The molecule has 0 atom stereocenters. The van der Waals surface area contributed by atoms with Crippen molar-refractivity contribution in [2.45, 2.75) is 20.8 Å². The van der Waals surface area contributed by atoms with Crippen molar-refractivity contribution in [1.29, 1.82) is 0 Å². The minimum Gasteiger partial charge on any atom is -0.393 e. The second-order valence-corrected chi connectivity index (χ2v) is 5.26. The molecule has 6 heteroatoms. The Balaban J connectivity index is 2.34. The van der Waals surface area contributed by atoms with Crippen molar-refractivity contribution in [2.24, 2.45) is 0 Å². The van der Waals surface area contributed by atoms with Crippen molar-refractivity contribution < 1.29 is 9.72 Å². The number of nitrogens with two attached hydrogens (primary N) is 1. The zero-order chi connectivity index (χ0) is 16.4. The summed E-state index contributed by atoms with van der Waals surface area (Å²) in [5, 5.41) is 13.7. The minimum absolute atomic E-state index is 0.0317. The fraction of sp³-hybridized carbons (Fsp3) is 0.188. The summed E-state index contributed by atoms with van der Waals surface area (Å²) in [7, 11) is 0. The van der Waals surface area contributed by atoms with Crippen LogP contribution < -0.4 is 11.1 Å². The molecule has 0 aliphatic carbocycles. The predicted octanol–water partition coefficient (Wildman–Crippen LogP) is 3.35. The number of carbonyl (C=O) groups excluding carboxylic acids is 1. The van der Waals surface area contributed by atoms with Gasteiger partial charge in [-0.2, -0.15) is 0 Å². The molecule has 114 valence electrons. The Kier molecular flexibility index (Phi) is 4.12. The average Bonchev–Trinajstić information content (AvgIpc) is 2.42. The first-order chi connectivity index (χ1) is 10.3. The summed E-state index contributed by atoms with van der Waals surface area (Å²) in [6, 6.07) is 7.95. The van der Waals surface area contributed by atoms with E-state index < -0.39 is 10.8 Å². The molecule has 0 aliphatic rings. The number of amides is 1. The van der Waals surface area contributed by atoms with Crippen molar-refractivity contribution in [3.63, 3.8) is 0 Å². The molecule has 22 heavy (non-hydrogen) atoms. The standard InChI is InChI=1S/C16H17N3O3/c1-9-6-10(2)15(11(3)7-9)18-16(20)12-4-5-13(17)14(8-12)19(21)22/h4-8H,17H2,1-3H3,(H,18,20). The third-order valence-corrected chi connectivity index (χ3v) is 3.40. The lowest BCUT2D eigenvalue weighted by Gasteiger charge is -2.13. The van der Waals surface area contributed by atoms with Gasteiger partial charge in [0.1, 0.15) is 5.69 Å². The Morgan fingerprint density at radius 3 is 2.27 bits per heavy atom. The number of anilines is 2. The highest BCUT2D eigenvalue weighted by Gasteiger charge is 2.16. The summed E-state index contributed by atoms with van der Waals surface area (Å²) in [5.74, 6) is -0.404. The molecule has 0 saturated heterocycles. The number of nitro benzene ring substituents is 1. The van der Waals surface area contributed by atoms with E-state index in [-0.39, 0.29) is 16.9 Å². The van der Waals surface area contributed by atoms with E-state index in [4.69, 9.17) is 5.73 Å². The number of hydrogen-bond acceptors (Lipinski definition) is 4. The van der Waals surface area contributed by atoms with Gasteiger partial charge in [-0.1, -0.05) is 17.7 Å². The summed E-state index contributed by atoms with van der Waals surface area (Å²) >= 11 is 0. The monoisotopic (exact) mass is 299 g/mol. The number of carbonyl (C=O) groups is 1. The van der Waals surface area contributed by atoms with Gasteiger partial charge in [-0.15, -0.1) is 0 Å². The molecule has 0 unspecified atom stereocenters. The molecule has 0 saturated carbocycles. The van der Waals surface area contributed by atoms with Crippen molar-refractivity contribution in [2.75, 3.05) is 11.1 Å². The molecule has 0 aromatic heterocycles. The maximum atomic E-state index is 12.3. The van der Waals surface area contributed by atoms with Gasteiger partial charge in [-0.25, -0.2) is 0 Å². The van der Waals surface area contributed by atoms with Crippen LogP contribution in [0.15, 0.2) is 30.3 Å². The molecule has 0 heterocycles. The fourth-order valence-electron chi connectivity index (χ4n) is 2.41. The van der Waals surface area contributed by atoms with E-state index in [1.165, 1.54) is 18.2 Å². The van der Waals surface area contributed by atoms with E-state index in [9.17, 15) is 14.9 Å². The van der Waals surface area contributed by atoms with Crippen LogP contribution in [0.2, 0.25) is 0 Å². The lowest BCUT2D eigenvalue weighted by atomic mass is 10.0. The van der Waals surface area contributed by atoms with Gasteiger partial charge >= 0.3 is 0 Å². The zero-order valence-corrected chi connectivity index (χ0v) is 12.6. The van der Waals surface area contributed by atoms with Gasteiger partial charge in [0.25, 0.3) is 11.6 Å². The molecular weight excluding hydrogens is 282 g/mol. The highest BCUT2D eigenvalue weighted by Crippen LogP contribution is 2.25. The number of benzene rings is 2. The van der Waals surface area contributed by atoms with Gasteiger partial charge in [0.05, 0.1) is 4.92 Å². The highest BCUT2D eigenvalue weighted by molar-refractivity contribution is 6.05. The first kappa shape index (κ1) is 15.5. The first-order valence-corrected chi connectivity index (χ1v) is 6.72. The van der Waals surface area contributed by atoms with Crippen LogP contribution in [-0.2, 0) is 0 Å². The largest absolute Gasteiger partial charge is 0.393 e. The van der Waals surface area contributed by atoms with Crippen molar-refractivity contribution in [3.05, 3.63) is 62.7 Å². The van der Waals surface area contributed by atoms with Crippen LogP contribution in [-0.4, -0.2) is 10.8 Å². The van der Waals surface area contributed by atoms with Crippen LogP contribution in [0.4, 0.5) is 17.1 Å². The third-order valence-electron chi connectivity index (χ3n) is 3.40. The number of nitrogens with one attached hydrogen (secondary N) is 1. The van der Waals surface area contributed by atoms with E-state index >= 15 is 0 Å². The van der Waals surface area contributed by atoms with Crippen LogP contribution in [0.5, 0.6) is 0 Å². The van der Waals surface area contributed by atoms with Gasteiger partial charge in [0.15, 0.2) is 0 Å². The van der Waals surface area contributed by atoms with Crippen LogP contribution in [0, 0.1) is 30.9 Å². The van der Waals surface area contributed by atoms with Gasteiger partial charge in [0, 0.05) is 17.3 Å². The van der Waals surface area contributed by atoms with Gasteiger partial charge in [0.2, 0.25) is 0 Å². The Bertz CT molecular complexity index is 746. The number of nitro groups is 1. The molecule has 0 aliphatic heterocycles. The van der Waals surface area contributed by atoms with E-state index in [1.54, 1.807) is 0 Å². The lowest BCUT2D eigenvalue weighted by molar-refractivity contribution is -0.383. The summed E-state index contributed by atoms with van der Waals surface area (Å²) in [4.78, 5) is 22.6. The zero-order valence-electron chi connectivity index (χ0n) is 12.6. The molecule has 1 amide bonds. The summed E-state index contributed by atoms with van der Waals surface area (Å²) < 4.78 is 0. The first-order valence-electron chi connectivity index (χ1n) is 6.72. The van der Waals surface area contributed by atoms with Crippen LogP contribution >= 0.6 is 0 Å². The van der Waals surface area contributed by atoms with Crippen molar-refractivity contribution >= 4 is 23.0 Å². The molecule has 6 nitrogen and oxygen atoms in total. The molecule has 0 spiro atoms. The van der Waals surface area contributed by atoms with E-state index in [0.29, 0.717) is 0 Å². The Morgan fingerprint density at radius 2 is 1.73 bits per heavy atom. The smallest absolute Gasteiger partial charge is 0.292 e. The van der Waals surface area contributed by atoms with Gasteiger partial charge in [-0.05, 0) is 44.0 Å². The molecule has 2 rings (SSSR count). The number of rotatable bonds is 3. The normalized spacial score (nSPS) is 10.3. The summed E-state index contributed by atoms with van der Waals surface area (Å²) in [6.07, 6.45) is 0. The van der Waals surface area contributed by atoms with Crippen molar-refractivity contribution in [1.82, 2.24) is 0 Å². The van der Waals surface area contributed by atoms with E-state index in [2.05, 4.69) is 5.32 Å². The quantitative estimate of drug-likeness (QED) is 0.515. The predicted molar refractivity (Wildman–Crippen MR) is 86.1 cm³/mol. The molecular formula is C16H17N3O3. The maximum absolute atomic E-state index is 12.3. The van der Waals surface area contributed by atoms with Crippen LogP contribution in [0.1, 0.15) is 27.0 Å². The van der Waals surface area contributed by atoms with E-state index in [0.717, 1.165) is 22.4 Å². The minimum atomic E-state index is -0.603. The molecule has 2 aromatic rings. The molecule has 2 aromatic carbocycles. The Labute approximate surface area is 128 Å². The Morgan fingerprint density at radius 1 is 1.14 bits per heavy atom. The molecule has 3 N–H and O–H groups in total. The van der Waals surface area contributed by atoms with Crippen LogP contribution in [0.25, 0.3) is 0 Å². The number of hydrogen-bond donors (Lipinski definition) is 2. The molecule has 0 bridgehead atoms. The third kappa shape index (κ3) is 3.06. The van der Waals surface area contributed by atoms with Gasteiger partial charge < -0.3 is 11.1 Å². The lowest BCUT2D eigenvalue weighted by Crippen LogP contribution is -2.14. The second-order valence-electron chi connectivity index (χ2n) is 5.26. The van der Waals surface area contributed by atoms with Crippen LogP contribution in [0.3, 0.4) is 0 Å². The maximum Gasteiger partial charge on any atom is 0.292 e. The van der Waals surface area contributed by atoms with Crippen molar-refractivity contribution in [3.8, 4) is 0 Å². The van der Waals surface area contributed by atoms with E-state index in [1.807, 2.05) is 32.9 Å². The topological polar surface area (TPSA) is 98.3 Å². The number of nitrogens with zero attached hydrogens (tertiary/aromatic N) is 1. The summed E-state index contributed by atoms with van der Waals surface area (Å²) in [6.45, 7) is 5.79. The number of nitrogen functional groups attached to an aromatic ring is 1. The molecule has 0 fully saturated rings. The molecule has 0 radical (unpaired) electrons. The number of aryl methyl sites for hydroxylation is 3. The second kappa shape index (κ2) is 5.85. The fourth-order valence-corrected chi connectivity index (χ4v) is 2.41.